The Bertz CT molecular complexity index is 707. The van der Waals surface area contributed by atoms with Crippen molar-refractivity contribution in [3.05, 3.63) is 47.5 Å². The Hall–Kier alpha value is -2.31. The predicted octanol–water partition coefficient (Wildman–Crippen LogP) is 3.35. The second kappa shape index (κ2) is 7.51. The average molecular weight is 366 g/mol. The first kappa shape index (κ1) is 18.5. The van der Waals surface area contributed by atoms with Crippen molar-refractivity contribution in [1.29, 1.82) is 0 Å². The lowest BCUT2D eigenvalue weighted by atomic mass is 9.93. The first-order valence-electron chi connectivity index (χ1n) is 8.76. The van der Waals surface area contributed by atoms with E-state index in [0.29, 0.717) is 26.2 Å². The molecule has 1 heterocycles. The van der Waals surface area contributed by atoms with E-state index in [1.165, 1.54) is 17.0 Å². The monoisotopic (exact) mass is 366 g/mol. The molecule has 2 aliphatic rings. The van der Waals surface area contributed by atoms with E-state index in [-0.39, 0.29) is 17.4 Å². The van der Waals surface area contributed by atoms with Gasteiger partial charge in [0.05, 0.1) is 5.56 Å². The molecule has 1 aromatic carbocycles. The van der Waals surface area contributed by atoms with Crippen LogP contribution < -0.4 is 0 Å². The van der Waals surface area contributed by atoms with Gasteiger partial charge in [0, 0.05) is 37.7 Å². The van der Waals surface area contributed by atoms with Crippen LogP contribution in [0.1, 0.15) is 35.2 Å². The van der Waals surface area contributed by atoms with E-state index in [2.05, 4.69) is 6.08 Å². The number of hydrogen-bond acceptors (Lipinski definition) is 2. The number of amides is 2. The number of carbonyl (C=O) groups excluding carboxylic acids is 2. The Kier molecular flexibility index (Phi) is 5.34. The molecule has 0 spiro atoms. The Morgan fingerprint density at radius 3 is 2.31 bits per heavy atom. The molecule has 0 bridgehead atoms. The van der Waals surface area contributed by atoms with Crippen LogP contribution in [-0.2, 0) is 11.0 Å². The lowest BCUT2D eigenvalue weighted by Gasteiger charge is -2.36. The molecule has 26 heavy (non-hydrogen) atoms. The molecule has 140 valence electrons. The van der Waals surface area contributed by atoms with Gasteiger partial charge in [-0.05, 0) is 37.5 Å². The normalized spacial score (nSPS) is 21.0. The number of piperazine rings is 1. The van der Waals surface area contributed by atoms with Gasteiger partial charge in [0.1, 0.15) is 0 Å². The van der Waals surface area contributed by atoms with Crippen LogP contribution in [0.2, 0.25) is 0 Å². The van der Waals surface area contributed by atoms with Crippen LogP contribution in [0.5, 0.6) is 0 Å². The van der Waals surface area contributed by atoms with Gasteiger partial charge in [-0.3, -0.25) is 9.59 Å². The van der Waals surface area contributed by atoms with E-state index in [1.54, 1.807) is 4.90 Å². The van der Waals surface area contributed by atoms with E-state index < -0.39 is 17.6 Å². The van der Waals surface area contributed by atoms with E-state index in [4.69, 9.17) is 0 Å². The highest BCUT2D eigenvalue weighted by Gasteiger charge is 2.32. The summed E-state index contributed by atoms with van der Waals surface area (Å²) in [5.41, 5.74) is -0.806. The van der Waals surface area contributed by atoms with Crippen molar-refractivity contribution in [3.8, 4) is 0 Å². The summed E-state index contributed by atoms with van der Waals surface area (Å²) in [6.45, 7) is 1.51. The second-order valence-electron chi connectivity index (χ2n) is 6.68. The molecule has 0 radical (unpaired) electrons. The Balaban J connectivity index is 1.60. The lowest BCUT2D eigenvalue weighted by molar-refractivity contribution is -0.138. The maximum atomic E-state index is 12.8. The topological polar surface area (TPSA) is 40.6 Å². The van der Waals surface area contributed by atoms with E-state index in [9.17, 15) is 22.8 Å². The highest BCUT2D eigenvalue weighted by Crippen LogP contribution is 2.30. The lowest BCUT2D eigenvalue weighted by Crippen LogP contribution is -2.52. The Morgan fingerprint density at radius 1 is 1.00 bits per heavy atom. The molecule has 1 saturated heterocycles. The Morgan fingerprint density at radius 2 is 1.69 bits per heavy atom. The molecule has 0 aromatic heterocycles. The smallest absolute Gasteiger partial charge is 0.339 e. The molecule has 4 nitrogen and oxygen atoms in total. The third-order valence-electron chi connectivity index (χ3n) is 4.93. The molecule has 3 rings (SSSR count). The number of nitrogens with zero attached hydrogens (tertiary/aromatic N) is 2. The van der Waals surface area contributed by atoms with Crippen LogP contribution in [0.4, 0.5) is 13.2 Å². The number of hydrogen-bond donors (Lipinski definition) is 0. The summed E-state index contributed by atoms with van der Waals surface area (Å²) in [5.74, 6) is -0.310. The maximum Gasteiger partial charge on any atom is 0.416 e. The minimum atomic E-state index is -4.48. The maximum absolute atomic E-state index is 12.8. The van der Waals surface area contributed by atoms with Gasteiger partial charge < -0.3 is 9.80 Å². The zero-order valence-electron chi connectivity index (χ0n) is 14.3. The zero-order chi connectivity index (χ0) is 18.7. The van der Waals surface area contributed by atoms with Gasteiger partial charge in [-0.15, -0.1) is 0 Å². The summed E-state index contributed by atoms with van der Waals surface area (Å²) in [7, 11) is 0. The minimum Gasteiger partial charge on any atom is -0.339 e. The number of carbonyl (C=O) groups is 2. The SMILES string of the molecule is O=C(c1cccc(C(F)(F)F)c1)N1CCN(C(=O)C2CC=CCC2)CC1. The summed E-state index contributed by atoms with van der Waals surface area (Å²) < 4.78 is 38.4. The van der Waals surface area contributed by atoms with Crippen molar-refractivity contribution < 1.29 is 22.8 Å². The largest absolute Gasteiger partial charge is 0.416 e. The van der Waals surface area contributed by atoms with Gasteiger partial charge in [0.25, 0.3) is 5.91 Å². The quantitative estimate of drug-likeness (QED) is 0.753. The van der Waals surface area contributed by atoms with Gasteiger partial charge in [-0.25, -0.2) is 0 Å². The number of halogens is 3. The van der Waals surface area contributed by atoms with Crippen molar-refractivity contribution >= 4 is 11.8 Å². The molecule has 7 heteroatoms. The van der Waals surface area contributed by atoms with Crippen molar-refractivity contribution in [3.63, 3.8) is 0 Å². The molecular formula is C19H21F3N2O2. The molecule has 1 aliphatic heterocycles. The summed E-state index contributed by atoms with van der Waals surface area (Å²) in [6.07, 6.45) is 2.14. The van der Waals surface area contributed by atoms with Crippen LogP contribution in [-0.4, -0.2) is 47.8 Å². The van der Waals surface area contributed by atoms with Crippen molar-refractivity contribution in [2.75, 3.05) is 26.2 Å². The van der Waals surface area contributed by atoms with Gasteiger partial charge in [-0.1, -0.05) is 18.2 Å². The van der Waals surface area contributed by atoms with Crippen LogP contribution in [0, 0.1) is 5.92 Å². The van der Waals surface area contributed by atoms with Gasteiger partial charge in [-0.2, -0.15) is 13.2 Å². The second-order valence-corrected chi connectivity index (χ2v) is 6.68. The van der Waals surface area contributed by atoms with E-state index in [0.717, 1.165) is 31.4 Å². The summed E-state index contributed by atoms with van der Waals surface area (Å²) >= 11 is 0. The van der Waals surface area contributed by atoms with E-state index in [1.807, 2.05) is 6.08 Å². The fourth-order valence-corrected chi connectivity index (χ4v) is 3.42. The molecule has 2 amide bonds. The third kappa shape index (κ3) is 4.08. The zero-order valence-corrected chi connectivity index (χ0v) is 14.3. The van der Waals surface area contributed by atoms with Crippen molar-refractivity contribution in [1.82, 2.24) is 9.80 Å². The molecule has 0 saturated carbocycles. The Labute approximate surface area is 150 Å². The molecular weight excluding hydrogens is 345 g/mol. The van der Waals surface area contributed by atoms with Crippen molar-refractivity contribution in [2.45, 2.75) is 25.4 Å². The third-order valence-corrected chi connectivity index (χ3v) is 4.93. The molecule has 1 aromatic rings. The highest BCUT2D eigenvalue weighted by atomic mass is 19.4. The molecule has 1 unspecified atom stereocenters. The van der Waals surface area contributed by atoms with Crippen LogP contribution in [0.25, 0.3) is 0 Å². The minimum absolute atomic E-state index is 0.00530. The molecule has 0 N–H and O–H groups in total. The van der Waals surface area contributed by atoms with E-state index >= 15 is 0 Å². The number of alkyl halides is 3. The summed E-state index contributed by atoms with van der Waals surface area (Å²) in [4.78, 5) is 28.3. The van der Waals surface area contributed by atoms with Crippen LogP contribution in [0.3, 0.4) is 0 Å². The summed E-state index contributed by atoms with van der Waals surface area (Å²) in [5, 5.41) is 0. The van der Waals surface area contributed by atoms with Gasteiger partial charge in [0.15, 0.2) is 0 Å². The summed E-state index contributed by atoms with van der Waals surface area (Å²) in [6, 6.07) is 4.47. The fourth-order valence-electron chi connectivity index (χ4n) is 3.42. The van der Waals surface area contributed by atoms with Crippen LogP contribution >= 0.6 is 0 Å². The molecule has 1 fully saturated rings. The predicted molar refractivity (Wildman–Crippen MR) is 90.4 cm³/mol. The molecule has 1 aliphatic carbocycles. The number of benzene rings is 1. The highest BCUT2D eigenvalue weighted by molar-refractivity contribution is 5.94. The van der Waals surface area contributed by atoms with Crippen LogP contribution in [0.15, 0.2) is 36.4 Å². The molecule has 1 atom stereocenters. The first-order chi connectivity index (χ1) is 12.4. The van der Waals surface area contributed by atoms with Crippen molar-refractivity contribution in [2.24, 2.45) is 5.92 Å². The number of rotatable bonds is 2. The first-order valence-corrected chi connectivity index (χ1v) is 8.76. The van der Waals surface area contributed by atoms with Gasteiger partial charge in [0.2, 0.25) is 5.91 Å². The standard InChI is InChI=1S/C19H21F3N2O2/c20-19(21,22)16-8-4-7-15(13-16)18(26)24-11-9-23(10-12-24)17(25)14-5-2-1-3-6-14/h1-2,4,7-8,13-14H,3,5-6,9-12H2. The average Bonchev–Trinajstić information content (AvgIpc) is 2.67. The van der Waals surface area contributed by atoms with Gasteiger partial charge >= 0.3 is 6.18 Å². The fraction of sp³-hybridized carbons (Fsp3) is 0.474. The number of allylic oxidation sites excluding steroid dienone is 2.